The quantitative estimate of drug-likeness (QED) is 0.629. The predicted molar refractivity (Wildman–Crippen MR) is 59.0 cm³/mol. The Morgan fingerprint density at radius 2 is 1.21 bits per heavy atom. The number of rotatable bonds is 1. The van der Waals surface area contributed by atoms with Gasteiger partial charge in [-0.25, -0.2) is 0 Å². The van der Waals surface area contributed by atoms with Crippen LogP contribution in [0.4, 0.5) is 0 Å². The Morgan fingerprint density at radius 1 is 0.786 bits per heavy atom. The van der Waals surface area contributed by atoms with Crippen LogP contribution in [0, 0.1) is 26.0 Å². The number of benzene rings is 2. The summed E-state index contributed by atoms with van der Waals surface area (Å²) in [5, 5.41) is 0. The van der Waals surface area contributed by atoms with Gasteiger partial charge in [0.15, 0.2) is 0 Å². The van der Waals surface area contributed by atoms with Crippen LogP contribution in [0.1, 0.15) is 11.1 Å². The molecule has 0 N–H and O–H groups in total. The SMILES string of the molecule is Cc1[c]ccc(-c2cc[c]c(C)c2)c1. The molecule has 0 aliphatic carbocycles. The first-order valence-electron chi connectivity index (χ1n) is 4.73. The van der Waals surface area contributed by atoms with Gasteiger partial charge in [0, 0.05) is 0 Å². The highest BCUT2D eigenvalue weighted by Gasteiger charge is 1.97. The van der Waals surface area contributed by atoms with Gasteiger partial charge in [-0.2, -0.15) is 0 Å². The normalized spacial score (nSPS) is 10.1. The van der Waals surface area contributed by atoms with Crippen molar-refractivity contribution in [1.82, 2.24) is 0 Å². The number of hydrogen-bond donors (Lipinski definition) is 0. The van der Waals surface area contributed by atoms with Gasteiger partial charge in [0.1, 0.15) is 0 Å². The molecule has 0 unspecified atom stereocenters. The molecule has 0 amide bonds. The second-order valence-corrected chi connectivity index (χ2v) is 3.52. The Kier molecular flexibility index (Phi) is 2.36. The third-order valence-electron chi connectivity index (χ3n) is 2.23. The van der Waals surface area contributed by atoms with Gasteiger partial charge < -0.3 is 0 Å². The molecule has 0 aliphatic rings. The van der Waals surface area contributed by atoms with E-state index >= 15 is 0 Å². The molecule has 0 heterocycles. The lowest BCUT2D eigenvalue weighted by molar-refractivity contribution is 1.43. The van der Waals surface area contributed by atoms with E-state index in [1.807, 2.05) is 12.1 Å². The van der Waals surface area contributed by atoms with Crippen molar-refractivity contribution >= 4 is 0 Å². The zero-order chi connectivity index (χ0) is 9.97. The third kappa shape index (κ3) is 1.85. The van der Waals surface area contributed by atoms with Gasteiger partial charge in [-0.3, -0.25) is 0 Å². The summed E-state index contributed by atoms with van der Waals surface area (Å²) in [7, 11) is 0. The number of hydrogen-bond acceptors (Lipinski definition) is 0. The van der Waals surface area contributed by atoms with E-state index in [0.29, 0.717) is 0 Å². The Labute approximate surface area is 85.2 Å². The predicted octanol–water partition coefficient (Wildman–Crippen LogP) is 3.57. The van der Waals surface area contributed by atoms with Crippen molar-refractivity contribution in [1.29, 1.82) is 0 Å². The molecule has 0 aromatic heterocycles. The van der Waals surface area contributed by atoms with Gasteiger partial charge in [0.25, 0.3) is 0 Å². The molecule has 68 valence electrons. The number of aryl methyl sites for hydroxylation is 2. The summed E-state index contributed by atoms with van der Waals surface area (Å²) in [5.74, 6) is 0. The molecule has 0 bridgehead atoms. The molecular weight excluding hydrogens is 168 g/mol. The van der Waals surface area contributed by atoms with Crippen molar-refractivity contribution in [3.8, 4) is 11.1 Å². The van der Waals surface area contributed by atoms with Crippen molar-refractivity contribution in [3.63, 3.8) is 0 Å². The second kappa shape index (κ2) is 3.67. The summed E-state index contributed by atoms with van der Waals surface area (Å²) >= 11 is 0. The van der Waals surface area contributed by atoms with Crippen LogP contribution in [0.5, 0.6) is 0 Å². The smallest absolute Gasteiger partial charge is 0.0152 e. The van der Waals surface area contributed by atoms with Crippen LogP contribution >= 0.6 is 0 Å². The minimum absolute atomic E-state index is 1.17. The minimum Gasteiger partial charge on any atom is -0.0537 e. The highest BCUT2D eigenvalue weighted by molar-refractivity contribution is 5.64. The van der Waals surface area contributed by atoms with Gasteiger partial charge in [-0.05, 0) is 48.2 Å². The zero-order valence-electron chi connectivity index (χ0n) is 8.46. The molecule has 14 heavy (non-hydrogen) atoms. The van der Waals surface area contributed by atoms with Crippen LogP contribution < -0.4 is 0 Å². The first-order chi connectivity index (χ1) is 6.75. The van der Waals surface area contributed by atoms with Crippen molar-refractivity contribution < 1.29 is 0 Å². The molecule has 0 fully saturated rings. The van der Waals surface area contributed by atoms with E-state index < -0.39 is 0 Å². The lowest BCUT2D eigenvalue weighted by Gasteiger charge is -2.03. The second-order valence-electron chi connectivity index (χ2n) is 3.52. The fourth-order valence-electron chi connectivity index (χ4n) is 1.53. The Hall–Kier alpha value is -1.56. The topological polar surface area (TPSA) is 0 Å². The standard InChI is InChI=1S/C14H12/c1-11-5-3-7-13(9-11)14-8-4-6-12(2)10-14/h3-4,7-10H,1-2H3. The first-order valence-corrected chi connectivity index (χ1v) is 4.73. The summed E-state index contributed by atoms with van der Waals surface area (Å²) in [6, 6.07) is 18.7. The minimum atomic E-state index is 1.17. The van der Waals surface area contributed by atoms with Gasteiger partial charge in [0.05, 0.1) is 0 Å². The van der Waals surface area contributed by atoms with E-state index in [-0.39, 0.29) is 0 Å². The van der Waals surface area contributed by atoms with E-state index in [1.54, 1.807) is 0 Å². The summed E-state index contributed by atoms with van der Waals surface area (Å²) in [4.78, 5) is 0. The Balaban J connectivity index is 2.49. The molecule has 2 rings (SSSR count). The van der Waals surface area contributed by atoms with E-state index in [0.717, 1.165) is 0 Å². The van der Waals surface area contributed by atoms with Gasteiger partial charge in [0.2, 0.25) is 0 Å². The lowest BCUT2D eigenvalue weighted by Crippen LogP contribution is -1.80. The summed E-state index contributed by atoms with van der Waals surface area (Å²) in [6.45, 7) is 4.12. The molecule has 0 nitrogen and oxygen atoms in total. The Bertz CT molecular complexity index is 398. The van der Waals surface area contributed by atoms with E-state index in [9.17, 15) is 0 Å². The van der Waals surface area contributed by atoms with Crippen LogP contribution in [0.3, 0.4) is 0 Å². The molecule has 0 saturated carbocycles. The lowest BCUT2D eigenvalue weighted by atomic mass is 10.0. The van der Waals surface area contributed by atoms with Crippen molar-refractivity contribution in [2.45, 2.75) is 13.8 Å². The highest BCUT2D eigenvalue weighted by atomic mass is 14.0. The van der Waals surface area contributed by atoms with Crippen molar-refractivity contribution in [2.24, 2.45) is 0 Å². The van der Waals surface area contributed by atoms with Crippen molar-refractivity contribution in [2.75, 3.05) is 0 Å². The summed E-state index contributed by atoms with van der Waals surface area (Å²) in [6.07, 6.45) is 0. The fourth-order valence-corrected chi connectivity index (χ4v) is 1.53. The summed E-state index contributed by atoms with van der Waals surface area (Å²) in [5.41, 5.74) is 4.85. The molecule has 0 spiro atoms. The highest BCUT2D eigenvalue weighted by Crippen LogP contribution is 2.20. The fraction of sp³-hybridized carbons (Fsp3) is 0.143. The molecule has 2 aromatic carbocycles. The average molecular weight is 180 g/mol. The van der Waals surface area contributed by atoms with Crippen LogP contribution in [0.25, 0.3) is 11.1 Å². The molecule has 0 aliphatic heterocycles. The molecule has 2 aromatic rings. The molecule has 0 saturated heterocycles. The molecular formula is C14H12. The first kappa shape index (κ1) is 9.01. The zero-order valence-corrected chi connectivity index (χ0v) is 8.46. The average Bonchev–Trinajstić information content (AvgIpc) is 2.18. The van der Waals surface area contributed by atoms with Crippen molar-refractivity contribution in [3.05, 3.63) is 59.7 Å². The van der Waals surface area contributed by atoms with Crippen LogP contribution in [0.2, 0.25) is 0 Å². The Morgan fingerprint density at radius 3 is 1.57 bits per heavy atom. The maximum atomic E-state index is 3.15. The van der Waals surface area contributed by atoms with Crippen LogP contribution in [-0.4, -0.2) is 0 Å². The van der Waals surface area contributed by atoms with Gasteiger partial charge in [-0.1, -0.05) is 36.4 Å². The molecule has 0 atom stereocenters. The van der Waals surface area contributed by atoms with Crippen LogP contribution in [0.15, 0.2) is 36.4 Å². The monoisotopic (exact) mass is 180 g/mol. The van der Waals surface area contributed by atoms with E-state index in [2.05, 4.69) is 50.2 Å². The summed E-state index contributed by atoms with van der Waals surface area (Å²) < 4.78 is 0. The van der Waals surface area contributed by atoms with Gasteiger partial charge >= 0.3 is 0 Å². The molecule has 2 radical (unpaired) electrons. The third-order valence-corrected chi connectivity index (χ3v) is 2.23. The van der Waals surface area contributed by atoms with E-state index in [1.165, 1.54) is 22.3 Å². The molecule has 0 heteroatoms. The van der Waals surface area contributed by atoms with Gasteiger partial charge in [-0.15, -0.1) is 0 Å². The largest absolute Gasteiger partial charge is 0.0537 e. The maximum Gasteiger partial charge on any atom is -0.0152 e. The van der Waals surface area contributed by atoms with E-state index in [4.69, 9.17) is 0 Å². The van der Waals surface area contributed by atoms with Crippen LogP contribution in [-0.2, 0) is 0 Å². The maximum absolute atomic E-state index is 3.15.